The van der Waals surface area contributed by atoms with Crippen molar-refractivity contribution in [2.45, 2.75) is 6.18 Å². The van der Waals surface area contributed by atoms with Crippen LogP contribution >= 0.6 is 0 Å². The van der Waals surface area contributed by atoms with Crippen molar-refractivity contribution < 1.29 is 27.1 Å². The average Bonchev–Trinajstić information content (AvgIpc) is 2.99. The Morgan fingerprint density at radius 2 is 1.81 bits per heavy atom. The molecule has 0 spiro atoms. The molecule has 1 N–H and O–H groups in total. The van der Waals surface area contributed by atoms with Gasteiger partial charge in [-0.2, -0.15) is 18.3 Å². The average molecular weight is 379 g/mol. The molecule has 27 heavy (non-hydrogen) atoms. The van der Waals surface area contributed by atoms with E-state index in [0.717, 1.165) is 10.9 Å². The van der Waals surface area contributed by atoms with Crippen LogP contribution in [0.3, 0.4) is 0 Å². The van der Waals surface area contributed by atoms with Gasteiger partial charge >= 0.3 is 6.18 Å². The molecule has 0 aliphatic carbocycles. The lowest BCUT2D eigenvalue weighted by Crippen LogP contribution is -2.17. The van der Waals surface area contributed by atoms with Gasteiger partial charge in [0.15, 0.2) is 5.69 Å². The molecule has 3 rings (SSSR count). The number of aryl methyl sites for hydroxylation is 1. The Bertz CT molecular complexity index is 965. The van der Waals surface area contributed by atoms with Gasteiger partial charge in [-0.1, -0.05) is 6.07 Å². The number of carbonyl (C=O) groups excluding carboxylic acids is 1. The second-order valence-corrected chi connectivity index (χ2v) is 5.60. The maximum Gasteiger partial charge on any atom is 0.435 e. The molecule has 0 saturated heterocycles. The first-order valence-corrected chi connectivity index (χ1v) is 7.68. The van der Waals surface area contributed by atoms with Gasteiger partial charge in [-0.25, -0.2) is 4.39 Å². The largest absolute Gasteiger partial charge is 0.457 e. The van der Waals surface area contributed by atoms with Crippen molar-refractivity contribution in [3.05, 3.63) is 71.8 Å². The number of halogens is 4. The Labute approximate surface area is 151 Å². The van der Waals surface area contributed by atoms with Crippen molar-refractivity contribution in [3.8, 4) is 11.5 Å². The highest BCUT2D eigenvalue weighted by Gasteiger charge is 2.38. The van der Waals surface area contributed by atoms with E-state index in [2.05, 4.69) is 10.4 Å². The Hall–Kier alpha value is -3.36. The Morgan fingerprint density at radius 3 is 2.44 bits per heavy atom. The van der Waals surface area contributed by atoms with Crippen LogP contribution in [0.4, 0.5) is 23.2 Å². The predicted molar refractivity (Wildman–Crippen MR) is 89.1 cm³/mol. The number of rotatable bonds is 4. The van der Waals surface area contributed by atoms with Crippen molar-refractivity contribution >= 4 is 11.6 Å². The summed E-state index contributed by atoms with van der Waals surface area (Å²) in [5.74, 6) is -0.726. The van der Waals surface area contributed by atoms with Crippen LogP contribution in [0.1, 0.15) is 16.1 Å². The Balaban J connectivity index is 1.72. The van der Waals surface area contributed by atoms with Crippen LogP contribution in [0.25, 0.3) is 0 Å². The number of benzene rings is 2. The quantitative estimate of drug-likeness (QED) is 0.673. The van der Waals surface area contributed by atoms with E-state index < -0.39 is 29.2 Å². The van der Waals surface area contributed by atoms with Crippen LogP contribution in [0.15, 0.2) is 54.7 Å². The van der Waals surface area contributed by atoms with Crippen LogP contribution in [-0.2, 0) is 13.2 Å². The molecule has 0 radical (unpaired) electrons. The van der Waals surface area contributed by atoms with Crippen molar-refractivity contribution in [1.29, 1.82) is 0 Å². The minimum atomic E-state index is -4.74. The molecule has 5 nitrogen and oxygen atoms in total. The van der Waals surface area contributed by atoms with E-state index in [0.29, 0.717) is 5.75 Å². The maximum atomic E-state index is 13.1. The molecule has 1 aromatic heterocycles. The molecule has 1 heterocycles. The standard InChI is InChI=1S/C18H13F4N3O2/c1-25-10-15(16(24-25)18(20,21)22)17(26)23-12-5-7-13(8-6-12)27-14-4-2-3-11(19)9-14/h2-10H,1H3,(H,23,26). The molecular weight excluding hydrogens is 366 g/mol. The second-order valence-electron chi connectivity index (χ2n) is 5.60. The van der Waals surface area contributed by atoms with Gasteiger partial charge in [0.2, 0.25) is 0 Å². The topological polar surface area (TPSA) is 56.2 Å². The van der Waals surface area contributed by atoms with E-state index in [1.54, 1.807) is 6.07 Å². The van der Waals surface area contributed by atoms with E-state index in [-0.39, 0.29) is 11.4 Å². The van der Waals surface area contributed by atoms with E-state index in [1.165, 1.54) is 49.5 Å². The lowest BCUT2D eigenvalue weighted by molar-refractivity contribution is -0.141. The van der Waals surface area contributed by atoms with Gasteiger partial charge < -0.3 is 10.1 Å². The number of nitrogens with zero attached hydrogens (tertiary/aromatic N) is 2. The minimum absolute atomic E-state index is 0.267. The molecule has 1 amide bonds. The van der Waals surface area contributed by atoms with E-state index in [9.17, 15) is 22.4 Å². The van der Waals surface area contributed by atoms with Crippen molar-refractivity contribution in [2.75, 3.05) is 5.32 Å². The van der Waals surface area contributed by atoms with E-state index >= 15 is 0 Å². The summed E-state index contributed by atoms with van der Waals surface area (Å²) in [6.45, 7) is 0. The zero-order chi connectivity index (χ0) is 19.6. The van der Waals surface area contributed by atoms with Gasteiger partial charge in [-0.3, -0.25) is 9.48 Å². The maximum absolute atomic E-state index is 13.1. The highest BCUT2D eigenvalue weighted by atomic mass is 19.4. The lowest BCUT2D eigenvalue weighted by atomic mass is 10.2. The summed E-state index contributed by atoms with van der Waals surface area (Å²) >= 11 is 0. The van der Waals surface area contributed by atoms with Crippen LogP contribution in [-0.4, -0.2) is 15.7 Å². The number of alkyl halides is 3. The first kappa shape index (κ1) is 18.4. The fourth-order valence-corrected chi connectivity index (χ4v) is 2.34. The van der Waals surface area contributed by atoms with E-state index in [4.69, 9.17) is 4.74 Å². The first-order valence-electron chi connectivity index (χ1n) is 7.68. The highest BCUT2D eigenvalue weighted by molar-refractivity contribution is 6.05. The summed E-state index contributed by atoms with van der Waals surface area (Å²) in [4.78, 5) is 12.2. The molecule has 0 saturated carbocycles. The third kappa shape index (κ3) is 4.43. The molecule has 3 aromatic rings. The van der Waals surface area contributed by atoms with Gasteiger partial charge in [0.25, 0.3) is 5.91 Å². The fraction of sp³-hybridized carbons (Fsp3) is 0.111. The number of carbonyl (C=O) groups is 1. The van der Waals surface area contributed by atoms with Gasteiger partial charge in [0.05, 0.1) is 5.56 Å². The molecule has 2 aromatic carbocycles. The summed E-state index contributed by atoms with van der Waals surface area (Å²) < 4.78 is 58.4. The van der Waals surface area contributed by atoms with Gasteiger partial charge in [-0.05, 0) is 36.4 Å². The zero-order valence-corrected chi connectivity index (χ0v) is 13.9. The number of anilines is 1. The van der Waals surface area contributed by atoms with Gasteiger partial charge in [0, 0.05) is 25.0 Å². The monoisotopic (exact) mass is 379 g/mol. The molecule has 0 aliphatic heterocycles. The van der Waals surface area contributed by atoms with Crippen LogP contribution in [0, 0.1) is 5.82 Å². The number of nitrogens with one attached hydrogen (secondary N) is 1. The number of ether oxygens (including phenoxy) is 1. The first-order chi connectivity index (χ1) is 12.7. The SMILES string of the molecule is Cn1cc(C(=O)Nc2ccc(Oc3cccc(F)c3)cc2)c(C(F)(F)F)n1. The third-order valence-electron chi connectivity index (χ3n) is 3.49. The number of amides is 1. The molecular formula is C18H13F4N3O2. The summed E-state index contributed by atoms with van der Waals surface area (Å²) in [6, 6.07) is 11.4. The second kappa shape index (κ2) is 7.10. The minimum Gasteiger partial charge on any atom is -0.457 e. The third-order valence-corrected chi connectivity index (χ3v) is 3.49. The predicted octanol–water partition coefficient (Wildman–Crippen LogP) is 4.62. The number of hydrogen-bond donors (Lipinski definition) is 1. The van der Waals surface area contributed by atoms with Gasteiger partial charge in [-0.15, -0.1) is 0 Å². The van der Waals surface area contributed by atoms with E-state index in [1.807, 2.05) is 0 Å². The number of hydrogen-bond acceptors (Lipinski definition) is 3. The van der Waals surface area contributed by atoms with Crippen molar-refractivity contribution in [2.24, 2.45) is 7.05 Å². The lowest BCUT2D eigenvalue weighted by Gasteiger charge is -2.09. The highest BCUT2D eigenvalue weighted by Crippen LogP contribution is 2.31. The van der Waals surface area contributed by atoms with Crippen LogP contribution < -0.4 is 10.1 Å². The summed E-state index contributed by atoms with van der Waals surface area (Å²) in [6.07, 6.45) is -3.74. The van der Waals surface area contributed by atoms with Crippen molar-refractivity contribution in [3.63, 3.8) is 0 Å². The molecule has 140 valence electrons. The fourth-order valence-electron chi connectivity index (χ4n) is 2.34. The molecule has 0 atom stereocenters. The molecule has 0 unspecified atom stereocenters. The Morgan fingerprint density at radius 1 is 1.11 bits per heavy atom. The molecule has 0 bridgehead atoms. The zero-order valence-electron chi connectivity index (χ0n) is 13.9. The molecule has 9 heteroatoms. The van der Waals surface area contributed by atoms with Crippen LogP contribution in [0.5, 0.6) is 11.5 Å². The number of aromatic nitrogens is 2. The summed E-state index contributed by atoms with van der Waals surface area (Å²) in [5.41, 5.74) is -1.57. The van der Waals surface area contributed by atoms with Gasteiger partial charge in [0.1, 0.15) is 17.3 Å². The summed E-state index contributed by atoms with van der Waals surface area (Å²) in [5, 5.41) is 5.67. The Kier molecular flexibility index (Phi) is 4.85. The smallest absolute Gasteiger partial charge is 0.435 e. The molecule has 0 aliphatic rings. The summed E-state index contributed by atoms with van der Waals surface area (Å²) in [7, 11) is 1.30. The normalized spacial score (nSPS) is 11.3. The molecule has 0 fully saturated rings. The van der Waals surface area contributed by atoms with Crippen LogP contribution in [0.2, 0.25) is 0 Å². The van der Waals surface area contributed by atoms with Crippen molar-refractivity contribution in [1.82, 2.24) is 9.78 Å².